The van der Waals surface area contributed by atoms with Gasteiger partial charge in [-0.2, -0.15) is 5.10 Å². The number of benzene rings is 1. The van der Waals surface area contributed by atoms with Crippen LogP contribution < -0.4 is 14.9 Å². The second-order valence-electron chi connectivity index (χ2n) is 5.97. The third-order valence-electron chi connectivity index (χ3n) is 3.94. The van der Waals surface area contributed by atoms with E-state index >= 15 is 0 Å². The molecule has 8 nitrogen and oxygen atoms in total. The summed E-state index contributed by atoms with van der Waals surface area (Å²) in [6, 6.07) is 8.42. The summed E-state index contributed by atoms with van der Waals surface area (Å²) < 4.78 is 21.0. The molecule has 27 heavy (non-hydrogen) atoms. The number of furan rings is 1. The van der Waals surface area contributed by atoms with Crippen molar-refractivity contribution in [2.24, 2.45) is 11.0 Å². The van der Waals surface area contributed by atoms with Crippen molar-refractivity contribution in [3.05, 3.63) is 47.4 Å². The van der Waals surface area contributed by atoms with Crippen LogP contribution in [0.5, 0.6) is 11.5 Å². The van der Waals surface area contributed by atoms with E-state index in [0.717, 1.165) is 18.4 Å². The van der Waals surface area contributed by atoms with Crippen molar-refractivity contribution in [2.75, 3.05) is 14.2 Å². The fraction of sp³-hybridized carbons (Fsp3) is 0.316. The van der Waals surface area contributed by atoms with Crippen molar-refractivity contribution in [1.29, 1.82) is 0 Å². The maximum atomic E-state index is 11.5. The Morgan fingerprint density at radius 1 is 1.22 bits per heavy atom. The second kappa shape index (κ2) is 8.39. The third-order valence-corrected chi connectivity index (χ3v) is 3.94. The van der Waals surface area contributed by atoms with Gasteiger partial charge in [-0.05, 0) is 48.7 Å². The van der Waals surface area contributed by atoms with Crippen LogP contribution in [-0.4, -0.2) is 32.3 Å². The van der Waals surface area contributed by atoms with Gasteiger partial charge in [-0.15, -0.1) is 0 Å². The SMILES string of the molecule is COC(=O)c1ccc(COc2ccc(/C=N/NC(=O)C3CC3)cc2OC)o1. The summed E-state index contributed by atoms with van der Waals surface area (Å²) in [7, 11) is 2.81. The lowest BCUT2D eigenvalue weighted by Crippen LogP contribution is -2.18. The summed E-state index contributed by atoms with van der Waals surface area (Å²) in [5.41, 5.74) is 3.27. The number of nitrogens with one attached hydrogen (secondary N) is 1. The second-order valence-corrected chi connectivity index (χ2v) is 5.97. The van der Waals surface area contributed by atoms with Crippen LogP contribution in [0.1, 0.15) is 34.7 Å². The van der Waals surface area contributed by atoms with Crippen LogP contribution in [0.25, 0.3) is 0 Å². The molecule has 0 spiro atoms. The molecule has 3 rings (SSSR count). The Morgan fingerprint density at radius 2 is 2.04 bits per heavy atom. The molecule has 1 heterocycles. The van der Waals surface area contributed by atoms with Gasteiger partial charge in [-0.3, -0.25) is 4.79 Å². The normalized spacial score (nSPS) is 13.4. The maximum Gasteiger partial charge on any atom is 0.373 e. The van der Waals surface area contributed by atoms with E-state index in [2.05, 4.69) is 15.3 Å². The van der Waals surface area contributed by atoms with Crippen LogP contribution in [0.15, 0.2) is 39.9 Å². The van der Waals surface area contributed by atoms with Crippen molar-refractivity contribution in [3.63, 3.8) is 0 Å². The van der Waals surface area contributed by atoms with E-state index in [1.165, 1.54) is 20.3 Å². The van der Waals surface area contributed by atoms with Gasteiger partial charge in [0.1, 0.15) is 12.4 Å². The van der Waals surface area contributed by atoms with Gasteiger partial charge in [-0.25, -0.2) is 10.2 Å². The number of amides is 1. The summed E-state index contributed by atoms with van der Waals surface area (Å²) in [5.74, 6) is 1.11. The molecule has 1 aromatic carbocycles. The lowest BCUT2D eigenvalue weighted by molar-refractivity contribution is -0.122. The van der Waals surface area contributed by atoms with Crippen LogP contribution in [0.3, 0.4) is 0 Å². The minimum absolute atomic E-state index is 0.0528. The number of hydrazone groups is 1. The highest BCUT2D eigenvalue weighted by Crippen LogP contribution is 2.29. The first-order valence-corrected chi connectivity index (χ1v) is 8.41. The van der Waals surface area contributed by atoms with E-state index in [4.69, 9.17) is 13.9 Å². The summed E-state index contributed by atoms with van der Waals surface area (Å²) in [4.78, 5) is 22.9. The standard InChI is InChI=1S/C19H20N2O6/c1-24-17-9-12(10-20-21-18(22)13-4-5-13)3-7-15(17)26-11-14-6-8-16(27-14)19(23)25-2/h3,6-10,13H,4-5,11H2,1-2H3,(H,21,22)/b20-10+. The quantitative estimate of drug-likeness (QED) is 0.434. The molecule has 0 unspecified atom stereocenters. The molecule has 142 valence electrons. The zero-order valence-corrected chi connectivity index (χ0v) is 15.1. The summed E-state index contributed by atoms with van der Waals surface area (Å²) in [6.07, 6.45) is 3.40. The number of hydrogen-bond donors (Lipinski definition) is 1. The Labute approximate surface area is 156 Å². The molecule has 1 N–H and O–H groups in total. The number of carbonyl (C=O) groups excluding carboxylic acids is 2. The van der Waals surface area contributed by atoms with Crippen LogP contribution >= 0.6 is 0 Å². The number of nitrogens with zero attached hydrogens (tertiary/aromatic N) is 1. The van der Waals surface area contributed by atoms with Gasteiger partial charge >= 0.3 is 5.97 Å². The highest BCUT2D eigenvalue weighted by molar-refractivity contribution is 5.86. The van der Waals surface area contributed by atoms with Gasteiger partial charge in [0.25, 0.3) is 0 Å². The first-order chi connectivity index (χ1) is 13.1. The average Bonchev–Trinajstić information content (AvgIpc) is 3.44. The van der Waals surface area contributed by atoms with Gasteiger partial charge in [0.05, 0.1) is 20.4 Å². The number of esters is 1. The molecule has 0 aliphatic heterocycles. The fourth-order valence-electron chi connectivity index (χ4n) is 2.31. The number of hydrogen-bond acceptors (Lipinski definition) is 7. The van der Waals surface area contributed by atoms with Crippen molar-refractivity contribution < 1.29 is 28.2 Å². The maximum absolute atomic E-state index is 11.5. The highest BCUT2D eigenvalue weighted by Gasteiger charge is 2.29. The van der Waals surface area contributed by atoms with Gasteiger partial charge in [-0.1, -0.05) is 0 Å². The summed E-state index contributed by atoms with van der Waals surface area (Å²) >= 11 is 0. The minimum atomic E-state index is -0.545. The van der Waals surface area contributed by atoms with E-state index in [9.17, 15) is 9.59 Å². The van der Waals surface area contributed by atoms with E-state index in [-0.39, 0.29) is 24.2 Å². The zero-order valence-electron chi connectivity index (χ0n) is 15.1. The molecule has 1 aliphatic rings. The van der Waals surface area contributed by atoms with Crippen LogP contribution in [0.4, 0.5) is 0 Å². The van der Waals surface area contributed by atoms with Crippen molar-refractivity contribution in [3.8, 4) is 11.5 Å². The molecule has 0 radical (unpaired) electrons. The van der Waals surface area contributed by atoms with Gasteiger partial charge < -0.3 is 18.6 Å². The molecule has 1 aliphatic carbocycles. The van der Waals surface area contributed by atoms with Crippen LogP contribution in [0, 0.1) is 5.92 Å². The largest absolute Gasteiger partial charge is 0.493 e. The first kappa shape index (κ1) is 18.5. The Hall–Kier alpha value is -3.29. The summed E-state index contributed by atoms with van der Waals surface area (Å²) in [6.45, 7) is 0.123. The van der Waals surface area contributed by atoms with E-state index in [1.54, 1.807) is 30.5 Å². The van der Waals surface area contributed by atoms with Crippen molar-refractivity contribution in [2.45, 2.75) is 19.4 Å². The highest BCUT2D eigenvalue weighted by atomic mass is 16.5. The van der Waals surface area contributed by atoms with Crippen LogP contribution in [0.2, 0.25) is 0 Å². The Kier molecular flexibility index (Phi) is 5.75. The van der Waals surface area contributed by atoms with Gasteiger partial charge in [0.15, 0.2) is 11.5 Å². The molecule has 1 aromatic heterocycles. The van der Waals surface area contributed by atoms with Gasteiger partial charge in [0, 0.05) is 5.92 Å². The minimum Gasteiger partial charge on any atom is -0.493 e. The molecular weight excluding hydrogens is 352 g/mol. The number of carbonyl (C=O) groups is 2. The molecule has 1 amide bonds. The van der Waals surface area contributed by atoms with Crippen molar-refractivity contribution in [1.82, 2.24) is 5.43 Å². The average molecular weight is 372 g/mol. The van der Waals surface area contributed by atoms with E-state index < -0.39 is 5.97 Å². The fourth-order valence-corrected chi connectivity index (χ4v) is 2.31. The van der Waals surface area contributed by atoms with E-state index in [0.29, 0.717) is 17.3 Å². The predicted octanol–water partition coefficient (Wildman–Crippen LogP) is 2.51. The molecular formula is C19H20N2O6. The van der Waals surface area contributed by atoms with Gasteiger partial charge in [0.2, 0.25) is 11.7 Å². The topological polar surface area (TPSA) is 99.4 Å². The Morgan fingerprint density at radius 3 is 2.74 bits per heavy atom. The number of methoxy groups -OCH3 is 2. The molecule has 8 heteroatoms. The summed E-state index contributed by atoms with van der Waals surface area (Å²) in [5, 5.41) is 3.95. The number of ether oxygens (including phenoxy) is 3. The molecule has 0 atom stereocenters. The van der Waals surface area contributed by atoms with Crippen LogP contribution in [-0.2, 0) is 16.1 Å². The molecule has 1 saturated carbocycles. The number of rotatable bonds is 8. The van der Waals surface area contributed by atoms with Crippen molar-refractivity contribution >= 4 is 18.1 Å². The zero-order chi connectivity index (χ0) is 19.2. The third kappa shape index (κ3) is 4.87. The predicted molar refractivity (Wildman–Crippen MR) is 95.8 cm³/mol. The first-order valence-electron chi connectivity index (χ1n) is 8.41. The lowest BCUT2D eigenvalue weighted by Gasteiger charge is -2.10. The monoisotopic (exact) mass is 372 g/mol. The van der Waals surface area contributed by atoms with E-state index in [1.807, 2.05) is 0 Å². The molecule has 1 fully saturated rings. The molecule has 0 saturated heterocycles. The molecule has 2 aromatic rings. The molecule has 0 bridgehead atoms. The Bertz CT molecular complexity index is 854. The lowest BCUT2D eigenvalue weighted by atomic mass is 10.2. The Balaban J connectivity index is 1.60. The smallest absolute Gasteiger partial charge is 0.373 e.